The molecule has 0 heterocycles. The molecule has 7 heteroatoms. The van der Waals surface area contributed by atoms with Crippen LogP contribution in [0.2, 0.25) is 0 Å². The standard InChI is InChI=1S/C28H27N2O3PS/c31-34(32-25-17-9-3-10-18-25,33-26-19-11-4-12-20-26)27(22-21-23-13-5-1-6-14-23)30-28(35)29-24-15-7-2-8-16-24/h1-20,27H,21-22H2,(H2,29,30,35). The molecule has 35 heavy (non-hydrogen) atoms. The Bertz CT molecular complexity index is 1200. The van der Waals surface area contributed by atoms with Gasteiger partial charge in [-0.25, -0.2) is 4.57 Å². The number of para-hydroxylation sites is 3. The van der Waals surface area contributed by atoms with Gasteiger partial charge in [-0.2, -0.15) is 0 Å². The fourth-order valence-corrected chi connectivity index (χ4v) is 5.70. The fourth-order valence-electron chi connectivity index (χ4n) is 3.50. The van der Waals surface area contributed by atoms with Gasteiger partial charge in [-0.3, -0.25) is 0 Å². The van der Waals surface area contributed by atoms with Crippen LogP contribution in [0, 0.1) is 0 Å². The van der Waals surface area contributed by atoms with E-state index in [4.69, 9.17) is 21.3 Å². The summed E-state index contributed by atoms with van der Waals surface area (Å²) in [5, 5.41) is 6.72. The average Bonchev–Trinajstić information content (AvgIpc) is 2.89. The summed E-state index contributed by atoms with van der Waals surface area (Å²) < 4.78 is 26.6. The molecule has 0 radical (unpaired) electrons. The second-order valence-corrected chi connectivity index (χ2v) is 10.3. The van der Waals surface area contributed by atoms with Crippen molar-refractivity contribution in [1.82, 2.24) is 5.32 Å². The summed E-state index contributed by atoms with van der Waals surface area (Å²) in [5.41, 5.74) is 1.95. The van der Waals surface area contributed by atoms with Crippen LogP contribution in [0.5, 0.6) is 11.5 Å². The van der Waals surface area contributed by atoms with Gasteiger partial charge >= 0.3 is 7.60 Å². The maximum absolute atomic E-state index is 14.5. The molecule has 0 aliphatic heterocycles. The van der Waals surface area contributed by atoms with Crippen molar-refractivity contribution >= 4 is 30.6 Å². The third kappa shape index (κ3) is 7.44. The second kappa shape index (κ2) is 12.2. The highest BCUT2D eigenvalue weighted by atomic mass is 32.1. The van der Waals surface area contributed by atoms with E-state index in [1.54, 1.807) is 24.3 Å². The topological polar surface area (TPSA) is 59.6 Å². The van der Waals surface area contributed by atoms with Crippen molar-refractivity contribution in [3.8, 4) is 11.5 Å². The first-order chi connectivity index (χ1) is 17.1. The second-order valence-electron chi connectivity index (χ2n) is 7.85. The lowest BCUT2D eigenvalue weighted by atomic mass is 10.1. The molecule has 0 spiro atoms. The molecule has 0 amide bonds. The molecule has 4 aromatic carbocycles. The van der Waals surface area contributed by atoms with E-state index in [1.165, 1.54) is 0 Å². The van der Waals surface area contributed by atoms with Gasteiger partial charge < -0.3 is 19.7 Å². The zero-order chi connectivity index (χ0) is 24.3. The molecule has 4 aromatic rings. The highest BCUT2D eigenvalue weighted by molar-refractivity contribution is 7.80. The van der Waals surface area contributed by atoms with E-state index in [0.717, 1.165) is 11.3 Å². The van der Waals surface area contributed by atoms with Crippen molar-refractivity contribution in [3.63, 3.8) is 0 Å². The molecule has 0 fully saturated rings. The van der Waals surface area contributed by atoms with Crippen LogP contribution in [0.3, 0.4) is 0 Å². The Hall–Kier alpha value is -3.60. The molecule has 178 valence electrons. The number of hydrogen-bond donors (Lipinski definition) is 2. The van der Waals surface area contributed by atoms with Crippen LogP contribution in [-0.2, 0) is 11.0 Å². The fraction of sp³-hybridized carbons (Fsp3) is 0.107. The van der Waals surface area contributed by atoms with Gasteiger partial charge in [-0.1, -0.05) is 84.9 Å². The van der Waals surface area contributed by atoms with E-state index in [0.29, 0.717) is 29.5 Å². The minimum Gasteiger partial charge on any atom is -0.415 e. The molecule has 2 N–H and O–H groups in total. The molecular weight excluding hydrogens is 475 g/mol. The highest BCUT2D eigenvalue weighted by Crippen LogP contribution is 2.53. The van der Waals surface area contributed by atoms with Gasteiger partial charge in [0.05, 0.1) is 0 Å². The maximum Gasteiger partial charge on any atom is 0.452 e. The van der Waals surface area contributed by atoms with E-state index in [-0.39, 0.29) is 0 Å². The monoisotopic (exact) mass is 502 g/mol. The van der Waals surface area contributed by atoms with Crippen molar-refractivity contribution in [2.75, 3.05) is 5.32 Å². The van der Waals surface area contributed by atoms with Gasteiger partial charge in [0, 0.05) is 5.69 Å². The molecule has 0 aromatic heterocycles. The minimum absolute atomic E-state index is 0.336. The lowest BCUT2D eigenvalue weighted by molar-refractivity contribution is 0.363. The summed E-state index contributed by atoms with van der Waals surface area (Å²) in [6.07, 6.45) is 1.13. The molecule has 0 aliphatic carbocycles. The molecule has 0 saturated heterocycles. The highest BCUT2D eigenvalue weighted by Gasteiger charge is 2.40. The number of thiocarbonyl (C=S) groups is 1. The Morgan fingerprint density at radius 3 is 1.69 bits per heavy atom. The van der Waals surface area contributed by atoms with Crippen LogP contribution < -0.4 is 19.7 Å². The largest absolute Gasteiger partial charge is 0.452 e. The molecule has 4 rings (SSSR count). The zero-order valence-corrected chi connectivity index (χ0v) is 20.8. The Morgan fingerprint density at radius 1 is 0.714 bits per heavy atom. The molecule has 1 unspecified atom stereocenters. The Labute approximate surface area is 211 Å². The summed E-state index contributed by atoms with van der Waals surface area (Å²) in [6, 6.07) is 37.7. The first-order valence-electron chi connectivity index (χ1n) is 11.4. The van der Waals surface area contributed by atoms with Gasteiger partial charge in [0.2, 0.25) is 0 Å². The van der Waals surface area contributed by atoms with E-state index in [1.807, 2.05) is 97.1 Å². The number of hydrogen-bond acceptors (Lipinski definition) is 4. The quantitative estimate of drug-likeness (QED) is 0.176. The number of nitrogens with one attached hydrogen (secondary N) is 2. The van der Waals surface area contributed by atoms with Crippen molar-refractivity contribution in [2.45, 2.75) is 18.6 Å². The molecule has 5 nitrogen and oxygen atoms in total. The lowest BCUT2D eigenvalue weighted by Crippen LogP contribution is -2.40. The summed E-state index contributed by atoms with van der Waals surface area (Å²) in [5.74, 6) is 0.201. The van der Waals surface area contributed by atoms with Crippen molar-refractivity contribution < 1.29 is 13.6 Å². The molecule has 0 saturated carbocycles. The molecule has 0 bridgehead atoms. The third-order valence-corrected chi connectivity index (χ3v) is 7.51. The van der Waals surface area contributed by atoms with Gasteiger partial charge in [-0.15, -0.1) is 0 Å². The first kappa shape index (κ1) is 24.5. The van der Waals surface area contributed by atoms with Crippen LogP contribution in [0.25, 0.3) is 0 Å². The van der Waals surface area contributed by atoms with Crippen LogP contribution in [0.1, 0.15) is 12.0 Å². The van der Waals surface area contributed by atoms with Crippen LogP contribution in [0.15, 0.2) is 121 Å². The van der Waals surface area contributed by atoms with E-state index in [2.05, 4.69) is 10.6 Å². The number of benzene rings is 4. The Kier molecular flexibility index (Phi) is 8.55. The summed E-state index contributed by atoms with van der Waals surface area (Å²) in [4.78, 5) is 0. The van der Waals surface area contributed by atoms with Gasteiger partial charge in [0.1, 0.15) is 11.5 Å². The molecular formula is C28H27N2O3PS. The Morgan fingerprint density at radius 2 is 1.17 bits per heavy atom. The van der Waals surface area contributed by atoms with E-state index in [9.17, 15) is 4.57 Å². The summed E-state index contributed by atoms with van der Waals surface area (Å²) in [6.45, 7) is 0. The maximum atomic E-state index is 14.5. The smallest absolute Gasteiger partial charge is 0.415 e. The van der Waals surface area contributed by atoms with Crippen LogP contribution in [0.4, 0.5) is 5.69 Å². The predicted octanol–water partition coefficient (Wildman–Crippen LogP) is 7.28. The SMILES string of the molecule is O=P(Oc1ccccc1)(Oc1ccccc1)C(CCc1ccccc1)NC(=S)Nc1ccccc1. The zero-order valence-electron chi connectivity index (χ0n) is 19.1. The first-order valence-corrected chi connectivity index (χ1v) is 13.4. The number of rotatable bonds is 10. The number of aryl methyl sites for hydroxylation is 1. The summed E-state index contributed by atoms with van der Waals surface area (Å²) in [7, 11) is -3.81. The third-order valence-electron chi connectivity index (χ3n) is 5.21. The normalized spacial score (nSPS) is 11.8. The number of anilines is 1. The van der Waals surface area contributed by atoms with E-state index >= 15 is 0 Å². The average molecular weight is 503 g/mol. The molecule has 1 atom stereocenters. The van der Waals surface area contributed by atoms with Gasteiger partial charge in [-0.05, 0) is 67.0 Å². The van der Waals surface area contributed by atoms with Crippen molar-refractivity contribution in [3.05, 3.63) is 127 Å². The lowest BCUT2D eigenvalue weighted by Gasteiger charge is -2.29. The minimum atomic E-state index is -3.81. The van der Waals surface area contributed by atoms with Crippen LogP contribution >= 0.6 is 19.8 Å². The van der Waals surface area contributed by atoms with Crippen molar-refractivity contribution in [1.29, 1.82) is 0 Å². The van der Waals surface area contributed by atoms with E-state index < -0.39 is 13.4 Å². The van der Waals surface area contributed by atoms with Gasteiger partial charge in [0.15, 0.2) is 10.9 Å². The summed E-state index contributed by atoms with van der Waals surface area (Å²) >= 11 is 5.59. The predicted molar refractivity (Wildman–Crippen MR) is 146 cm³/mol. The Balaban J connectivity index is 1.62. The molecule has 0 aliphatic rings. The van der Waals surface area contributed by atoms with Crippen LogP contribution in [-0.4, -0.2) is 10.9 Å². The van der Waals surface area contributed by atoms with Crippen molar-refractivity contribution in [2.24, 2.45) is 0 Å². The van der Waals surface area contributed by atoms with Gasteiger partial charge in [0.25, 0.3) is 0 Å².